The molecule has 1 aromatic rings. The molecule has 1 aromatic carbocycles. The van der Waals surface area contributed by atoms with E-state index in [-0.39, 0.29) is 0 Å². The van der Waals surface area contributed by atoms with Gasteiger partial charge in [0.15, 0.2) is 5.96 Å². The molecule has 1 aliphatic rings. The fraction of sp³-hybridized carbons (Fsp3) is 0.611. The Kier molecular flexibility index (Phi) is 7.86. The summed E-state index contributed by atoms with van der Waals surface area (Å²) in [6.45, 7) is 4.86. The summed E-state index contributed by atoms with van der Waals surface area (Å²) in [6, 6.07) is 6.92. The Morgan fingerprint density at radius 2 is 1.77 bits per heavy atom. The van der Waals surface area contributed by atoms with Gasteiger partial charge in [0.05, 0.1) is 4.90 Å². The molecule has 7 nitrogen and oxygen atoms in total. The van der Waals surface area contributed by atoms with E-state index in [1.807, 2.05) is 12.1 Å². The van der Waals surface area contributed by atoms with E-state index in [4.69, 9.17) is 0 Å². The van der Waals surface area contributed by atoms with Crippen LogP contribution in [0.1, 0.15) is 24.8 Å². The van der Waals surface area contributed by atoms with Crippen molar-refractivity contribution in [1.82, 2.24) is 19.8 Å². The van der Waals surface area contributed by atoms with Gasteiger partial charge in [-0.15, -0.1) is 0 Å². The van der Waals surface area contributed by atoms with Crippen LogP contribution >= 0.6 is 0 Å². The molecule has 1 heterocycles. The predicted octanol–water partition coefficient (Wildman–Crippen LogP) is 1.09. The van der Waals surface area contributed by atoms with Gasteiger partial charge < -0.3 is 15.5 Å². The van der Waals surface area contributed by atoms with E-state index < -0.39 is 10.0 Å². The minimum Gasteiger partial charge on any atom is -0.355 e. The molecular weight excluding hydrogens is 350 g/mol. The van der Waals surface area contributed by atoms with Gasteiger partial charge in [0.1, 0.15) is 0 Å². The predicted molar refractivity (Wildman–Crippen MR) is 106 cm³/mol. The van der Waals surface area contributed by atoms with Gasteiger partial charge in [-0.3, -0.25) is 4.99 Å². The van der Waals surface area contributed by atoms with Crippen molar-refractivity contribution in [3.05, 3.63) is 29.8 Å². The Balaban J connectivity index is 1.79. The number of nitrogens with zero attached hydrogens (tertiary/aromatic N) is 3. The quantitative estimate of drug-likeness (QED) is 0.546. The topological polar surface area (TPSA) is 77.0 Å². The lowest BCUT2D eigenvalue weighted by atomic mass is 10.1. The van der Waals surface area contributed by atoms with E-state index in [1.165, 1.54) is 50.8 Å². The summed E-state index contributed by atoms with van der Waals surface area (Å²) in [4.78, 5) is 7.02. The molecule has 8 heteroatoms. The summed E-state index contributed by atoms with van der Waals surface area (Å²) in [7, 11) is 1.44. The summed E-state index contributed by atoms with van der Waals surface area (Å²) in [5, 5.41) is 6.60. The van der Waals surface area contributed by atoms with Crippen LogP contribution in [0.4, 0.5) is 0 Å². The maximum atomic E-state index is 12.1. The number of aliphatic imine (C=N–C) groups is 1. The first-order valence-corrected chi connectivity index (χ1v) is 10.6. The van der Waals surface area contributed by atoms with E-state index in [2.05, 4.69) is 20.5 Å². The molecule has 1 aliphatic heterocycles. The van der Waals surface area contributed by atoms with Crippen LogP contribution in [0.15, 0.2) is 34.2 Å². The van der Waals surface area contributed by atoms with Gasteiger partial charge in [0.25, 0.3) is 0 Å². The Morgan fingerprint density at radius 1 is 1.12 bits per heavy atom. The SMILES string of the molecule is CN=C(NCCN1CCCCC1)NCc1ccc(S(=O)(=O)N(C)C)cc1. The summed E-state index contributed by atoms with van der Waals surface area (Å²) < 4.78 is 25.4. The molecule has 146 valence electrons. The second-order valence-electron chi connectivity index (χ2n) is 6.69. The lowest BCUT2D eigenvalue weighted by Gasteiger charge is -2.26. The zero-order chi connectivity index (χ0) is 19.0. The van der Waals surface area contributed by atoms with Crippen LogP contribution < -0.4 is 10.6 Å². The highest BCUT2D eigenvalue weighted by atomic mass is 32.2. The van der Waals surface area contributed by atoms with E-state index in [9.17, 15) is 8.42 Å². The number of piperidine rings is 1. The Morgan fingerprint density at radius 3 is 2.35 bits per heavy atom. The van der Waals surface area contributed by atoms with Crippen molar-refractivity contribution in [2.75, 3.05) is 47.3 Å². The first kappa shape index (κ1) is 20.7. The number of benzene rings is 1. The van der Waals surface area contributed by atoms with Gasteiger partial charge in [0, 0.05) is 40.8 Å². The van der Waals surface area contributed by atoms with Crippen LogP contribution in [0.2, 0.25) is 0 Å². The summed E-state index contributed by atoms with van der Waals surface area (Å²) in [6.07, 6.45) is 3.95. The number of rotatable bonds is 7. The second kappa shape index (κ2) is 9.89. The third-order valence-corrected chi connectivity index (χ3v) is 6.38. The standard InChI is InChI=1S/C18H31N5O2S/c1-19-18(20-11-14-23-12-5-4-6-13-23)21-15-16-7-9-17(10-8-16)26(24,25)22(2)3/h7-10H,4-6,11-15H2,1-3H3,(H2,19,20,21). The van der Waals surface area contributed by atoms with Crippen molar-refractivity contribution >= 4 is 16.0 Å². The molecular formula is C18H31N5O2S. The van der Waals surface area contributed by atoms with Crippen molar-refractivity contribution in [3.8, 4) is 0 Å². The first-order chi connectivity index (χ1) is 12.4. The molecule has 0 saturated carbocycles. The van der Waals surface area contributed by atoms with Crippen molar-refractivity contribution in [2.24, 2.45) is 4.99 Å². The van der Waals surface area contributed by atoms with Gasteiger partial charge in [-0.1, -0.05) is 18.6 Å². The van der Waals surface area contributed by atoms with Crippen LogP contribution in [0.3, 0.4) is 0 Å². The fourth-order valence-electron chi connectivity index (χ4n) is 2.91. The van der Waals surface area contributed by atoms with Crippen LogP contribution in [-0.2, 0) is 16.6 Å². The third kappa shape index (κ3) is 5.96. The second-order valence-corrected chi connectivity index (χ2v) is 8.84. The van der Waals surface area contributed by atoms with Gasteiger partial charge in [0.2, 0.25) is 10.0 Å². The van der Waals surface area contributed by atoms with Crippen molar-refractivity contribution in [3.63, 3.8) is 0 Å². The molecule has 0 amide bonds. The number of guanidine groups is 1. The zero-order valence-corrected chi connectivity index (χ0v) is 16.8. The third-order valence-electron chi connectivity index (χ3n) is 4.55. The minimum absolute atomic E-state index is 0.301. The number of hydrogen-bond donors (Lipinski definition) is 2. The normalized spacial score (nSPS) is 16.7. The van der Waals surface area contributed by atoms with E-state index in [0.717, 1.165) is 24.6 Å². The molecule has 1 saturated heterocycles. The summed E-state index contributed by atoms with van der Waals surface area (Å²) >= 11 is 0. The van der Waals surface area contributed by atoms with Gasteiger partial charge in [-0.05, 0) is 43.6 Å². The van der Waals surface area contributed by atoms with E-state index in [0.29, 0.717) is 11.4 Å². The molecule has 0 aromatic heterocycles. The smallest absolute Gasteiger partial charge is 0.242 e. The molecule has 2 N–H and O–H groups in total. The summed E-state index contributed by atoms with van der Waals surface area (Å²) in [5.41, 5.74) is 1.00. The zero-order valence-electron chi connectivity index (χ0n) is 16.0. The van der Waals surface area contributed by atoms with Gasteiger partial charge in [-0.2, -0.15) is 0 Å². The van der Waals surface area contributed by atoms with Crippen LogP contribution in [0, 0.1) is 0 Å². The van der Waals surface area contributed by atoms with Crippen molar-refractivity contribution in [2.45, 2.75) is 30.7 Å². The molecule has 1 fully saturated rings. The Bertz CT molecular complexity index is 680. The molecule has 26 heavy (non-hydrogen) atoms. The molecule has 0 spiro atoms. The number of nitrogens with one attached hydrogen (secondary N) is 2. The first-order valence-electron chi connectivity index (χ1n) is 9.12. The fourth-order valence-corrected chi connectivity index (χ4v) is 3.81. The highest BCUT2D eigenvalue weighted by Gasteiger charge is 2.16. The minimum atomic E-state index is -3.38. The Hall–Kier alpha value is -1.64. The molecule has 0 radical (unpaired) electrons. The van der Waals surface area contributed by atoms with E-state index >= 15 is 0 Å². The molecule has 0 bridgehead atoms. The highest BCUT2D eigenvalue weighted by Crippen LogP contribution is 2.13. The Labute approximate surface area is 157 Å². The molecule has 0 unspecified atom stereocenters. The van der Waals surface area contributed by atoms with Gasteiger partial charge in [-0.25, -0.2) is 12.7 Å². The molecule has 2 rings (SSSR count). The summed E-state index contributed by atoms with van der Waals surface area (Å²) in [5.74, 6) is 0.756. The van der Waals surface area contributed by atoms with Gasteiger partial charge >= 0.3 is 0 Å². The lowest BCUT2D eigenvalue weighted by Crippen LogP contribution is -2.42. The lowest BCUT2D eigenvalue weighted by molar-refractivity contribution is 0.232. The number of hydrogen-bond acceptors (Lipinski definition) is 4. The van der Waals surface area contributed by atoms with Crippen molar-refractivity contribution < 1.29 is 8.42 Å². The highest BCUT2D eigenvalue weighted by molar-refractivity contribution is 7.89. The van der Waals surface area contributed by atoms with Crippen LogP contribution in [-0.4, -0.2) is 70.9 Å². The number of likely N-dealkylation sites (tertiary alicyclic amines) is 1. The average Bonchev–Trinajstić information content (AvgIpc) is 2.65. The maximum Gasteiger partial charge on any atom is 0.242 e. The largest absolute Gasteiger partial charge is 0.355 e. The molecule has 0 atom stereocenters. The van der Waals surface area contributed by atoms with E-state index in [1.54, 1.807) is 19.2 Å². The van der Waals surface area contributed by atoms with Crippen LogP contribution in [0.5, 0.6) is 0 Å². The average molecular weight is 382 g/mol. The van der Waals surface area contributed by atoms with Crippen molar-refractivity contribution in [1.29, 1.82) is 0 Å². The number of sulfonamides is 1. The monoisotopic (exact) mass is 381 g/mol. The molecule has 0 aliphatic carbocycles. The van der Waals surface area contributed by atoms with Crippen LogP contribution in [0.25, 0.3) is 0 Å². The maximum absolute atomic E-state index is 12.1.